The van der Waals surface area contributed by atoms with Gasteiger partial charge in [-0.3, -0.25) is 9.69 Å². The van der Waals surface area contributed by atoms with E-state index < -0.39 is 12.0 Å². The molecule has 0 radical (unpaired) electrons. The first-order chi connectivity index (χ1) is 8.68. The van der Waals surface area contributed by atoms with E-state index in [1.54, 1.807) is 11.3 Å². The van der Waals surface area contributed by atoms with Crippen LogP contribution in [0.1, 0.15) is 17.3 Å². The highest BCUT2D eigenvalue weighted by molar-refractivity contribution is 7.10. The third kappa shape index (κ3) is 3.29. The molecule has 100 valence electrons. The molecule has 0 unspecified atom stereocenters. The van der Waals surface area contributed by atoms with Crippen molar-refractivity contribution in [1.29, 1.82) is 0 Å². The van der Waals surface area contributed by atoms with Crippen LogP contribution in [0.25, 0.3) is 0 Å². The Morgan fingerprint density at radius 3 is 2.83 bits per heavy atom. The van der Waals surface area contributed by atoms with Gasteiger partial charge in [0, 0.05) is 24.0 Å². The summed E-state index contributed by atoms with van der Waals surface area (Å²) in [5.74, 6) is -0.940. The number of nitrogens with zero attached hydrogens (tertiary/aromatic N) is 1. The lowest BCUT2D eigenvalue weighted by Crippen LogP contribution is -2.42. The van der Waals surface area contributed by atoms with Crippen molar-refractivity contribution in [2.75, 3.05) is 26.3 Å². The number of hydrogen-bond acceptors (Lipinski definition) is 5. The molecule has 0 saturated carbocycles. The summed E-state index contributed by atoms with van der Waals surface area (Å²) in [6.07, 6.45) is 0.440. The first-order valence-corrected chi connectivity index (χ1v) is 6.90. The van der Waals surface area contributed by atoms with Crippen molar-refractivity contribution >= 4 is 17.3 Å². The minimum Gasteiger partial charge on any atom is -0.480 e. The third-order valence-electron chi connectivity index (χ3n) is 3.15. The van der Waals surface area contributed by atoms with Crippen molar-refractivity contribution < 1.29 is 14.6 Å². The lowest BCUT2D eigenvalue weighted by atomic mass is 10.0. The first-order valence-electron chi connectivity index (χ1n) is 6.02. The van der Waals surface area contributed by atoms with Crippen molar-refractivity contribution in [3.05, 3.63) is 22.4 Å². The minimum atomic E-state index is -0.940. The monoisotopic (exact) mass is 270 g/mol. The summed E-state index contributed by atoms with van der Waals surface area (Å²) in [4.78, 5) is 14.4. The molecule has 6 heteroatoms. The summed E-state index contributed by atoms with van der Waals surface area (Å²) in [5.41, 5.74) is 5.68. The maximum Gasteiger partial charge on any atom is 0.320 e. The lowest BCUT2D eigenvalue weighted by Gasteiger charge is -2.34. The zero-order valence-electron chi connectivity index (χ0n) is 10.1. The van der Waals surface area contributed by atoms with E-state index in [1.807, 2.05) is 17.5 Å². The molecular formula is C12H18N2O3S. The Morgan fingerprint density at radius 1 is 1.56 bits per heavy atom. The Labute approximate surface area is 110 Å². The van der Waals surface area contributed by atoms with Gasteiger partial charge in [0.05, 0.1) is 13.2 Å². The maximum absolute atomic E-state index is 10.9. The van der Waals surface area contributed by atoms with E-state index in [1.165, 1.54) is 4.88 Å². The summed E-state index contributed by atoms with van der Waals surface area (Å²) in [7, 11) is 0. The summed E-state index contributed by atoms with van der Waals surface area (Å²) < 4.78 is 5.33. The highest BCUT2D eigenvalue weighted by Gasteiger charge is 2.27. The van der Waals surface area contributed by atoms with Gasteiger partial charge in [-0.05, 0) is 17.9 Å². The highest BCUT2D eigenvalue weighted by Crippen LogP contribution is 2.29. The molecule has 3 N–H and O–H groups in total. The van der Waals surface area contributed by atoms with E-state index in [4.69, 9.17) is 15.6 Å². The van der Waals surface area contributed by atoms with Gasteiger partial charge in [-0.25, -0.2) is 0 Å². The van der Waals surface area contributed by atoms with E-state index in [0.717, 1.165) is 13.1 Å². The quantitative estimate of drug-likeness (QED) is 0.832. The summed E-state index contributed by atoms with van der Waals surface area (Å²) in [6, 6.07) is 3.29. The number of ether oxygens (including phenoxy) is 1. The van der Waals surface area contributed by atoms with Crippen LogP contribution in [-0.2, 0) is 9.53 Å². The first kappa shape index (κ1) is 13.5. The van der Waals surface area contributed by atoms with Gasteiger partial charge in [0.2, 0.25) is 0 Å². The van der Waals surface area contributed by atoms with Crippen LogP contribution < -0.4 is 5.73 Å². The molecule has 1 aliphatic heterocycles. The average molecular weight is 270 g/mol. The summed E-state index contributed by atoms with van der Waals surface area (Å²) >= 11 is 1.65. The fraction of sp³-hybridized carbons (Fsp3) is 0.583. The molecule has 1 aliphatic rings. The second-order valence-corrected chi connectivity index (χ2v) is 5.34. The van der Waals surface area contributed by atoms with E-state index in [0.29, 0.717) is 19.6 Å². The second kappa shape index (κ2) is 6.29. The van der Waals surface area contributed by atoms with Gasteiger partial charge in [-0.1, -0.05) is 6.07 Å². The van der Waals surface area contributed by atoms with Gasteiger partial charge in [-0.15, -0.1) is 11.3 Å². The second-order valence-electron chi connectivity index (χ2n) is 4.36. The van der Waals surface area contributed by atoms with Crippen LogP contribution in [0.15, 0.2) is 17.5 Å². The standard InChI is InChI=1S/C12H18N2O3S/c13-9(12(15)16)8-10(11-2-1-7-18-11)14-3-5-17-6-4-14/h1-2,7,9-10H,3-6,8,13H2,(H,15,16)/t9-,10-/m1/s1. The Morgan fingerprint density at radius 2 is 2.28 bits per heavy atom. The van der Waals surface area contributed by atoms with E-state index in [2.05, 4.69) is 4.90 Å². The predicted molar refractivity (Wildman–Crippen MR) is 69.7 cm³/mol. The van der Waals surface area contributed by atoms with Crippen molar-refractivity contribution in [1.82, 2.24) is 4.90 Å². The number of nitrogens with two attached hydrogens (primary N) is 1. The van der Waals surface area contributed by atoms with Crippen LogP contribution in [0.3, 0.4) is 0 Å². The van der Waals surface area contributed by atoms with Crippen LogP contribution >= 0.6 is 11.3 Å². The number of aliphatic carboxylic acids is 1. The molecule has 1 fully saturated rings. The molecule has 2 rings (SSSR count). The molecule has 0 amide bonds. The summed E-state index contributed by atoms with van der Waals surface area (Å²) in [5, 5.41) is 11.0. The third-order valence-corrected chi connectivity index (χ3v) is 4.13. The highest BCUT2D eigenvalue weighted by atomic mass is 32.1. The number of rotatable bonds is 5. The number of morpholine rings is 1. The number of carboxylic acid groups (broad SMARTS) is 1. The molecule has 0 aromatic carbocycles. The van der Waals surface area contributed by atoms with Gasteiger partial charge in [-0.2, -0.15) is 0 Å². The Kier molecular flexibility index (Phi) is 4.71. The Bertz CT molecular complexity index is 377. The van der Waals surface area contributed by atoms with Crippen molar-refractivity contribution in [3.8, 4) is 0 Å². The molecule has 2 heterocycles. The maximum atomic E-state index is 10.9. The smallest absolute Gasteiger partial charge is 0.320 e. The van der Waals surface area contributed by atoms with Crippen molar-refractivity contribution in [2.45, 2.75) is 18.5 Å². The van der Waals surface area contributed by atoms with Crippen LogP contribution in [-0.4, -0.2) is 48.3 Å². The van der Waals surface area contributed by atoms with E-state index >= 15 is 0 Å². The zero-order valence-corrected chi connectivity index (χ0v) is 10.9. The predicted octanol–water partition coefficient (Wildman–Crippen LogP) is 0.923. The normalized spacial score (nSPS) is 20.5. The molecule has 5 nitrogen and oxygen atoms in total. The van der Waals surface area contributed by atoms with Gasteiger partial charge in [0.15, 0.2) is 0 Å². The number of thiophene rings is 1. The largest absolute Gasteiger partial charge is 0.480 e. The fourth-order valence-electron chi connectivity index (χ4n) is 2.16. The lowest BCUT2D eigenvalue weighted by molar-refractivity contribution is -0.139. The van der Waals surface area contributed by atoms with Crippen LogP contribution in [0.4, 0.5) is 0 Å². The van der Waals surface area contributed by atoms with Gasteiger partial charge in [0.1, 0.15) is 6.04 Å². The minimum absolute atomic E-state index is 0.0833. The molecule has 0 bridgehead atoms. The summed E-state index contributed by atoms with van der Waals surface area (Å²) in [6.45, 7) is 3.05. The van der Waals surface area contributed by atoms with Crippen LogP contribution in [0, 0.1) is 0 Å². The number of carbonyl (C=O) groups is 1. The molecule has 0 spiro atoms. The number of carboxylic acids is 1. The van der Waals surface area contributed by atoms with Gasteiger partial charge >= 0.3 is 5.97 Å². The van der Waals surface area contributed by atoms with E-state index in [9.17, 15) is 4.79 Å². The molecular weight excluding hydrogens is 252 g/mol. The van der Waals surface area contributed by atoms with Crippen molar-refractivity contribution in [2.24, 2.45) is 5.73 Å². The molecule has 1 aromatic heterocycles. The van der Waals surface area contributed by atoms with Crippen molar-refractivity contribution in [3.63, 3.8) is 0 Å². The fourth-order valence-corrected chi connectivity index (χ4v) is 3.03. The molecule has 0 aliphatic carbocycles. The zero-order chi connectivity index (χ0) is 13.0. The SMILES string of the molecule is N[C@H](C[C@H](c1cccs1)N1CCOCC1)C(=O)O. The Balaban J connectivity index is 2.09. The topological polar surface area (TPSA) is 75.8 Å². The van der Waals surface area contributed by atoms with Crippen LogP contribution in [0.2, 0.25) is 0 Å². The average Bonchev–Trinajstić information content (AvgIpc) is 2.90. The number of hydrogen-bond donors (Lipinski definition) is 2. The Hall–Kier alpha value is -0.950. The van der Waals surface area contributed by atoms with Gasteiger partial charge < -0.3 is 15.6 Å². The molecule has 1 saturated heterocycles. The molecule has 2 atom stereocenters. The molecule has 18 heavy (non-hydrogen) atoms. The van der Waals surface area contributed by atoms with Gasteiger partial charge in [0.25, 0.3) is 0 Å². The molecule has 1 aromatic rings. The van der Waals surface area contributed by atoms with E-state index in [-0.39, 0.29) is 6.04 Å². The van der Waals surface area contributed by atoms with Crippen LogP contribution in [0.5, 0.6) is 0 Å².